The molecule has 2 rings (SSSR count). The highest BCUT2D eigenvalue weighted by Gasteiger charge is 2.22. The minimum Gasteiger partial charge on any atom is -0.399 e. The number of carbonyl (C=O) groups is 2. The van der Waals surface area contributed by atoms with Gasteiger partial charge in [0.25, 0.3) is 0 Å². The third kappa shape index (κ3) is 2.68. The Morgan fingerprint density at radius 1 is 1.06 bits per heavy atom. The first-order chi connectivity index (χ1) is 8.59. The summed E-state index contributed by atoms with van der Waals surface area (Å²) in [6, 6.07) is 6.59. The van der Waals surface area contributed by atoms with Crippen molar-refractivity contribution in [3.63, 3.8) is 0 Å². The maximum Gasteiger partial charge on any atom is 0.198 e. The average molecular weight is 277 g/mol. The van der Waals surface area contributed by atoms with Crippen molar-refractivity contribution in [3.8, 4) is 0 Å². The largest absolute Gasteiger partial charge is 0.399 e. The molecule has 2 N–H and O–H groups in total. The number of ketones is 2. The fourth-order valence-electron chi connectivity index (χ4n) is 1.50. The predicted molar refractivity (Wildman–Crippen MR) is 77.2 cm³/mol. The van der Waals surface area contributed by atoms with E-state index in [4.69, 9.17) is 5.73 Å². The Balaban J connectivity index is 2.38. The second-order valence-electron chi connectivity index (χ2n) is 3.68. The SMILES string of the molecule is CC(=O)C(C(=O)c1ccc(N)cc1)=C1SC=CS1. The summed E-state index contributed by atoms with van der Waals surface area (Å²) in [4.78, 5) is 24.0. The van der Waals surface area contributed by atoms with E-state index in [0.717, 1.165) is 4.24 Å². The van der Waals surface area contributed by atoms with E-state index >= 15 is 0 Å². The zero-order chi connectivity index (χ0) is 13.1. The maximum atomic E-state index is 12.3. The summed E-state index contributed by atoms with van der Waals surface area (Å²) in [5.74, 6) is -0.461. The molecule has 0 aromatic heterocycles. The number of allylic oxidation sites excluding steroid dienone is 1. The zero-order valence-electron chi connectivity index (χ0n) is 9.67. The first-order valence-corrected chi connectivity index (χ1v) is 6.99. The second kappa shape index (κ2) is 5.46. The molecule has 5 heteroatoms. The van der Waals surface area contributed by atoms with Crippen LogP contribution >= 0.6 is 23.5 Å². The molecule has 1 aromatic carbocycles. The van der Waals surface area contributed by atoms with Crippen LogP contribution in [0.3, 0.4) is 0 Å². The van der Waals surface area contributed by atoms with Gasteiger partial charge in [-0.2, -0.15) is 0 Å². The van der Waals surface area contributed by atoms with Gasteiger partial charge in [0, 0.05) is 11.3 Å². The van der Waals surface area contributed by atoms with Gasteiger partial charge in [-0.25, -0.2) is 0 Å². The van der Waals surface area contributed by atoms with Gasteiger partial charge >= 0.3 is 0 Å². The number of hydrogen-bond acceptors (Lipinski definition) is 5. The second-order valence-corrected chi connectivity index (χ2v) is 5.77. The summed E-state index contributed by atoms with van der Waals surface area (Å²) in [7, 11) is 0. The van der Waals surface area contributed by atoms with Gasteiger partial charge in [-0.05, 0) is 42.0 Å². The van der Waals surface area contributed by atoms with Crippen molar-refractivity contribution in [2.75, 3.05) is 5.73 Å². The smallest absolute Gasteiger partial charge is 0.198 e. The molecule has 92 valence electrons. The molecule has 0 aliphatic carbocycles. The lowest BCUT2D eigenvalue weighted by Gasteiger charge is -2.06. The van der Waals surface area contributed by atoms with E-state index in [2.05, 4.69) is 0 Å². The molecule has 1 heterocycles. The highest BCUT2D eigenvalue weighted by molar-refractivity contribution is 8.27. The number of Topliss-reactive ketones (excluding diaryl/α,β-unsaturated/α-hetero) is 2. The van der Waals surface area contributed by atoms with Crippen LogP contribution in [-0.4, -0.2) is 11.6 Å². The van der Waals surface area contributed by atoms with Crippen LogP contribution in [0.5, 0.6) is 0 Å². The van der Waals surface area contributed by atoms with Gasteiger partial charge in [0.2, 0.25) is 0 Å². The van der Waals surface area contributed by atoms with E-state index in [0.29, 0.717) is 11.3 Å². The molecule has 0 unspecified atom stereocenters. The summed E-state index contributed by atoms with van der Waals surface area (Å²) in [6.45, 7) is 1.41. The van der Waals surface area contributed by atoms with Crippen molar-refractivity contribution < 1.29 is 9.59 Å². The number of anilines is 1. The zero-order valence-corrected chi connectivity index (χ0v) is 11.3. The lowest BCUT2D eigenvalue weighted by atomic mass is 10.0. The number of rotatable bonds is 3. The number of carbonyl (C=O) groups excluding carboxylic acids is 2. The molecule has 18 heavy (non-hydrogen) atoms. The Morgan fingerprint density at radius 3 is 2.11 bits per heavy atom. The normalized spacial score (nSPS) is 13.7. The van der Waals surface area contributed by atoms with E-state index in [9.17, 15) is 9.59 Å². The number of hydrogen-bond donors (Lipinski definition) is 1. The topological polar surface area (TPSA) is 60.2 Å². The van der Waals surface area contributed by atoms with Gasteiger partial charge in [-0.3, -0.25) is 9.59 Å². The molecule has 1 aliphatic heterocycles. The van der Waals surface area contributed by atoms with Crippen molar-refractivity contribution in [1.82, 2.24) is 0 Å². The van der Waals surface area contributed by atoms with E-state index in [-0.39, 0.29) is 17.1 Å². The van der Waals surface area contributed by atoms with Crippen LogP contribution in [0.2, 0.25) is 0 Å². The summed E-state index contributed by atoms with van der Waals surface area (Å²) < 4.78 is 0.740. The van der Waals surface area contributed by atoms with Gasteiger partial charge in [-0.15, -0.1) is 0 Å². The summed E-state index contributed by atoms with van der Waals surface area (Å²) >= 11 is 2.80. The molecule has 3 nitrogen and oxygen atoms in total. The highest BCUT2D eigenvalue weighted by atomic mass is 32.2. The molecule has 0 saturated heterocycles. The highest BCUT2D eigenvalue weighted by Crippen LogP contribution is 2.40. The molecule has 1 aromatic rings. The molecule has 0 radical (unpaired) electrons. The summed E-state index contributed by atoms with van der Waals surface area (Å²) in [5, 5.41) is 3.72. The fraction of sp³-hybridized carbons (Fsp3) is 0.0769. The van der Waals surface area contributed by atoms with E-state index < -0.39 is 0 Å². The molecule has 0 spiro atoms. The van der Waals surface area contributed by atoms with E-state index in [1.807, 2.05) is 10.8 Å². The first kappa shape index (κ1) is 13.0. The summed E-state index contributed by atoms with van der Waals surface area (Å²) in [6.07, 6.45) is 0. The van der Waals surface area contributed by atoms with Crippen molar-refractivity contribution in [3.05, 3.63) is 50.5 Å². The molecule has 0 fully saturated rings. The monoisotopic (exact) mass is 277 g/mol. The Morgan fingerprint density at radius 2 is 1.61 bits per heavy atom. The van der Waals surface area contributed by atoms with Crippen LogP contribution in [0.15, 0.2) is 44.9 Å². The van der Waals surface area contributed by atoms with Crippen molar-refractivity contribution in [1.29, 1.82) is 0 Å². The summed E-state index contributed by atoms with van der Waals surface area (Å²) in [5.41, 5.74) is 6.90. The van der Waals surface area contributed by atoms with E-state index in [1.165, 1.54) is 30.4 Å². The van der Waals surface area contributed by atoms with Crippen LogP contribution < -0.4 is 5.73 Å². The molecule has 0 amide bonds. The van der Waals surface area contributed by atoms with Crippen molar-refractivity contribution in [2.24, 2.45) is 0 Å². The number of benzene rings is 1. The maximum absolute atomic E-state index is 12.3. The molecular formula is C13H11NO2S2. The van der Waals surface area contributed by atoms with Gasteiger partial charge in [0.15, 0.2) is 11.6 Å². The third-order valence-corrected chi connectivity index (χ3v) is 4.49. The lowest BCUT2D eigenvalue weighted by Crippen LogP contribution is -2.11. The minimum atomic E-state index is -0.249. The van der Waals surface area contributed by atoms with Crippen LogP contribution in [0.1, 0.15) is 17.3 Å². The molecule has 1 aliphatic rings. The van der Waals surface area contributed by atoms with Crippen molar-refractivity contribution in [2.45, 2.75) is 6.92 Å². The molecule has 0 saturated carbocycles. The fourth-order valence-corrected chi connectivity index (χ4v) is 3.46. The minimum absolute atomic E-state index is 0.212. The van der Waals surface area contributed by atoms with Crippen molar-refractivity contribution >= 4 is 40.8 Å². The molecule has 0 atom stereocenters. The molecular weight excluding hydrogens is 266 g/mol. The van der Waals surface area contributed by atoms with E-state index in [1.54, 1.807) is 24.3 Å². The van der Waals surface area contributed by atoms with Crippen LogP contribution in [0.4, 0.5) is 5.69 Å². The number of thioether (sulfide) groups is 2. The Hall–Kier alpha value is -1.46. The van der Waals surface area contributed by atoms with Gasteiger partial charge in [0.05, 0.1) is 9.81 Å². The third-order valence-electron chi connectivity index (χ3n) is 2.36. The standard InChI is InChI=1S/C13H11NO2S2/c1-8(15)11(13-17-6-7-18-13)12(16)9-2-4-10(14)5-3-9/h2-7H,14H2,1H3. The Kier molecular flexibility index (Phi) is 3.93. The van der Waals surface area contributed by atoms with Gasteiger partial charge in [0.1, 0.15) is 0 Å². The Labute approximate surface area is 114 Å². The number of nitrogen functional groups attached to an aromatic ring is 1. The predicted octanol–water partition coefficient (Wildman–Crippen LogP) is 3.20. The molecule has 0 bridgehead atoms. The Bertz CT molecular complexity index is 549. The van der Waals surface area contributed by atoms with Gasteiger partial charge in [-0.1, -0.05) is 23.5 Å². The quantitative estimate of drug-likeness (QED) is 0.302. The lowest BCUT2D eigenvalue weighted by molar-refractivity contribution is -0.113. The van der Waals surface area contributed by atoms with Crippen LogP contribution in [0, 0.1) is 0 Å². The first-order valence-electron chi connectivity index (χ1n) is 5.23. The van der Waals surface area contributed by atoms with Gasteiger partial charge < -0.3 is 5.73 Å². The average Bonchev–Trinajstić information content (AvgIpc) is 2.83. The van der Waals surface area contributed by atoms with Crippen LogP contribution in [0.25, 0.3) is 0 Å². The number of nitrogens with two attached hydrogens (primary N) is 1. The van der Waals surface area contributed by atoms with Crippen LogP contribution in [-0.2, 0) is 4.79 Å².